The fourth-order valence-corrected chi connectivity index (χ4v) is 0.562. The van der Waals surface area contributed by atoms with Crippen molar-refractivity contribution in [3.63, 3.8) is 0 Å². The Bertz CT molecular complexity index is 238. The molecule has 0 radical (unpaired) electrons. The number of benzene rings is 1. The lowest BCUT2D eigenvalue weighted by atomic mass is 10.3. The minimum Gasteiger partial charge on any atom is -0.508 e. The second-order valence-corrected chi connectivity index (χ2v) is 1.81. The Morgan fingerprint density at radius 2 is 1.73 bits per heavy atom. The Hall–Kier alpha value is -1.71. The van der Waals surface area contributed by atoms with E-state index in [9.17, 15) is 0 Å². The highest BCUT2D eigenvalue weighted by atomic mass is 16.3. The number of nitrogens with two attached hydrogens (primary N) is 2. The van der Waals surface area contributed by atoms with Crippen LogP contribution in [0.5, 0.6) is 5.75 Å². The predicted molar refractivity (Wildman–Crippen MR) is 44.1 cm³/mol. The zero-order chi connectivity index (χ0) is 8.85. The fourth-order valence-electron chi connectivity index (χ4n) is 0.562. The number of aromatic hydroxyl groups is 1. The number of phenols is 1. The summed E-state index contributed by atoms with van der Waals surface area (Å²) in [5.74, 6) is 0.140. The first-order valence-corrected chi connectivity index (χ1v) is 2.83. The Morgan fingerprint density at radius 1 is 1.18 bits per heavy atom. The Balaban J connectivity index is 0.000000461. The molecule has 0 saturated heterocycles. The quantitative estimate of drug-likeness (QED) is 0.372. The Morgan fingerprint density at radius 3 is 2.09 bits per heavy atom. The monoisotopic (exact) mass is 154 g/mol. The van der Waals surface area contributed by atoms with Crippen LogP contribution in [-0.2, 0) is 4.79 Å². The molecule has 60 valence electrons. The van der Waals surface area contributed by atoms with Crippen LogP contribution in [0.25, 0.3) is 0 Å². The average Bonchev–Trinajstić information content (AvgIpc) is 2.02. The molecule has 1 rings (SSSR count). The van der Waals surface area contributed by atoms with Crippen molar-refractivity contribution in [1.29, 1.82) is 0 Å². The highest BCUT2D eigenvalue weighted by Crippen LogP contribution is 2.19. The van der Waals surface area contributed by atoms with Crippen LogP contribution in [0.3, 0.4) is 0 Å². The zero-order valence-electron chi connectivity index (χ0n) is 5.95. The van der Waals surface area contributed by atoms with Gasteiger partial charge in [0.2, 0.25) is 0 Å². The van der Waals surface area contributed by atoms with Gasteiger partial charge in [-0.2, -0.15) is 0 Å². The number of nitrogen functional groups attached to an aromatic ring is 2. The number of rotatable bonds is 0. The lowest BCUT2D eigenvalue weighted by Crippen LogP contribution is -1.92. The molecule has 1 aromatic carbocycles. The van der Waals surface area contributed by atoms with E-state index < -0.39 is 0 Å². The second kappa shape index (κ2) is 4.16. The van der Waals surface area contributed by atoms with E-state index in [1.807, 2.05) is 6.79 Å². The van der Waals surface area contributed by atoms with Gasteiger partial charge in [-0.15, -0.1) is 0 Å². The largest absolute Gasteiger partial charge is 0.508 e. The maximum atomic E-state index is 8.80. The van der Waals surface area contributed by atoms with Crippen LogP contribution in [0.1, 0.15) is 0 Å². The molecule has 0 saturated carbocycles. The number of hydrogen-bond acceptors (Lipinski definition) is 4. The predicted octanol–water partition coefficient (Wildman–Crippen LogP) is 0.372. The van der Waals surface area contributed by atoms with Crippen molar-refractivity contribution in [1.82, 2.24) is 0 Å². The number of hydrogen-bond donors (Lipinski definition) is 3. The molecule has 4 nitrogen and oxygen atoms in total. The molecular weight excluding hydrogens is 144 g/mol. The maximum absolute atomic E-state index is 8.80. The molecule has 0 amide bonds. The maximum Gasteiger partial charge on any atom is 0.117 e. The molecule has 0 aliphatic carbocycles. The van der Waals surface area contributed by atoms with E-state index in [-0.39, 0.29) is 5.75 Å². The number of phenolic OH excluding ortho intramolecular Hbond substituents is 1. The second-order valence-electron chi connectivity index (χ2n) is 1.81. The lowest BCUT2D eigenvalue weighted by Gasteiger charge is -1.97. The minimum atomic E-state index is 0.140. The summed E-state index contributed by atoms with van der Waals surface area (Å²) in [5, 5.41) is 8.80. The van der Waals surface area contributed by atoms with E-state index in [4.69, 9.17) is 21.4 Å². The molecule has 1 aromatic rings. The van der Waals surface area contributed by atoms with Crippen molar-refractivity contribution in [2.45, 2.75) is 0 Å². The molecule has 0 atom stereocenters. The van der Waals surface area contributed by atoms with Gasteiger partial charge in [-0.1, -0.05) is 0 Å². The highest BCUT2D eigenvalue weighted by Gasteiger charge is 1.92. The topological polar surface area (TPSA) is 89.3 Å². The van der Waals surface area contributed by atoms with Crippen LogP contribution in [0.4, 0.5) is 11.4 Å². The van der Waals surface area contributed by atoms with Gasteiger partial charge in [-0.05, 0) is 12.1 Å². The number of carbonyl (C=O) groups is 1. The summed E-state index contributed by atoms with van der Waals surface area (Å²) >= 11 is 0. The molecule has 11 heavy (non-hydrogen) atoms. The van der Waals surface area contributed by atoms with E-state index in [1.54, 1.807) is 6.07 Å². The van der Waals surface area contributed by atoms with Crippen molar-refractivity contribution in [2.24, 2.45) is 0 Å². The first-order valence-electron chi connectivity index (χ1n) is 2.83. The highest BCUT2D eigenvalue weighted by molar-refractivity contribution is 5.64. The van der Waals surface area contributed by atoms with E-state index >= 15 is 0 Å². The van der Waals surface area contributed by atoms with Gasteiger partial charge in [0.05, 0.1) is 11.4 Å². The third-order valence-corrected chi connectivity index (χ3v) is 1.07. The van der Waals surface area contributed by atoms with E-state index in [0.717, 1.165) is 0 Å². The van der Waals surface area contributed by atoms with Crippen molar-refractivity contribution in [3.05, 3.63) is 18.2 Å². The van der Waals surface area contributed by atoms with Crippen LogP contribution in [0, 0.1) is 0 Å². The SMILES string of the molecule is C=O.Nc1ccc(O)cc1N. The van der Waals surface area contributed by atoms with Gasteiger partial charge in [0.25, 0.3) is 0 Å². The number of carbonyl (C=O) groups excluding carboxylic acids is 1. The van der Waals surface area contributed by atoms with Crippen molar-refractivity contribution < 1.29 is 9.90 Å². The summed E-state index contributed by atoms with van der Waals surface area (Å²) in [6.07, 6.45) is 0. The summed E-state index contributed by atoms with van der Waals surface area (Å²) in [6.45, 7) is 2.00. The molecule has 0 aliphatic rings. The number of anilines is 2. The van der Waals surface area contributed by atoms with E-state index in [0.29, 0.717) is 11.4 Å². The first-order chi connectivity index (χ1) is 5.20. The van der Waals surface area contributed by atoms with Crippen LogP contribution >= 0.6 is 0 Å². The van der Waals surface area contributed by atoms with E-state index in [1.165, 1.54) is 12.1 Å². The van der Waals surface area contributed by atoms with Gasteiger partial charge >= 0.3 is 0 Å². The average molecular weight is 154 g/mol. The minimum absolute atomic E-state index is 0.140. The third-order valence-electron chi connectivity index (χ3n) is 1.07. The molecule has 0 fully saturated rings. The third kappa shape index (κ3) is 2.57. The van der Waals surface area contributed by atoms with Gasteiger partial charge in [0.15, 0.2) is 0 Å². The lowest BCUT2D eigenvalue weighted by molar-refractivity contribution is -0.0979. The van der Waals surface area contributed by atoms with Crippen LogP contribution in [0.2, 0.25) is 0 Å². The van der Waals surface area contributed by atoms with Crippen molar-refractivity contribution in [3.8, 4) is 5.75 Å². The smallest absolute Gasteiger partial charge is 0.117 e. The van der Waals surface area contributed by atoms with Gasteiger partial charge in [-0.3, -0.25) is 0 Å². The Kier molecular flexibility index (Phi) is 3.51. The summed E-state index contributed by atoms with van der Waals surface area (Å²) in [5.41, 5.74) is 11.6. The molecule has 4 heteroatoms. The van der Waals surface area contributed by atoms with E-state index in [2.05, 4.69) is 0 Å². The zero-order valence-corrected chi connectivity index (χ0v) is 5.95. The molecule has 0 aromatic heterocycles. The standard InChI is InChI=1S/C6H8N2O.CH2O/c7-5-2-1-4(9)3-6(5)8;1-2/h1-3,9H,7-8H2;1H2. The van der Waals surface area contributed by atoms with Crippen molar-refractivity contribution >= 4 is 18.2 Å². The molecule has 0 heterocycles. The Labute approximate surface area is 64.4 Å². The summed E-state index contributed by atoms with van der Waals surface area (Å²) in [6, 6.07) is 4.46. The van der Waals surface area contributed by atoms with Crippen molar-refractivity contribution in [2.75, 3.05) is 11.5 Å². The fraction of sp³-hybridized carbons (Fsp3) is 0. The molecule has 0 spiro atoms. The van der Waals surface area contributed by atoms with Gasteiger partial charge in [-0.25, -0.2) is 0 Å². The molecule has 5 N–H and O–H groups in total. The summed E-state index contributed by atoms with van der Waals surface area (Å²) < 4.78 is 0. The van der Waals surface area contributed by atoms with Crippen LogP contribution in [-0.4, -0.2) is 11.9 Å². The normalized spacial score (nSPS) is 8.00. The van der Waals surface area contributed by atoms with Crippen LogP contribution < -0.4 is 11.5 Å². The van der Waals surface area contributed by atoms with Gasteiger partial charge < -0.3 is 21.4 Å². The molecular formula is C7H10N2O2. The molecule has 0 unspecified atom stereocenters. The summed E-state index contributed by atoms with van der Waals surface area (Å²) in [4.78, 5) is 8.00. The molecule has 0 aliphatic heterocycles. The first kappa shape index (κ1) is 9.29. The van der Waals surface area contributed by atoms with Crippen LogP contribution in [0.15, 0.2) is 18.2 Å². The molecule has 0 bridgehead atoms. The van der Waals surface area contributed by atoms with Gasteiger partial charge in [0, 0.05) is 6.07 Å². The van der Waals surface area contributed by atoms with Gasteiger partial charge in [0.1, 0.15) is 12.5 Å². The summed E-state index contributed by atoms with van der Waals surface area (Å²) in [7, 11) is 0.